The first-order chi connectivity index (χ1) is 20.9. The van der Waals surface area contributed by atoms with E-state index in [2.05, 4.69) is 0 Å². The van der Waals surface area contributed by atoms with Crippen molar-refractivity contribution in [2.75, 3.05) is 59.0 Å². The number of piperazine rings is 1. The molecule has 0 radical (unpaired) electrons. The molecule has 1 amide bonds. The number of fused-ring (bicyclic) bond motifs is 1. The Labute approximate surface area is 252 Å². The summed E-state index contributed by atoms with van der Waals surface area (Å²) in [7, 11) is 0.556. The second-order valence-electron chi connectivity index (χ2n) is 10.4. The minimum Gasteiger partial charge on any atom is -0.495 e. The number of nitrogens with zero attached hydrogens (tertiary/aromatic N) is 3. The topological polar surface area (TPSA) is 88.6 Å². The molecule has 5 rings (SSSR count). The van der Waals surface area contributed by atoms with Gasteiger partial charge in [-0.3, -0.25) is 4.79 Å². The van der Waals surface area contributed by atoms with Crippen LogP contribution in [0.5, 0.6) is 17.2 Å². The average Bonchev–Trinajstić information content (AvgIpc) is 3.02. The fourth-order valence-electron chi connectivity index (χ4n) is 5.55. The number of anilines is 1. The lowest BCUT2D eigenvalue weighted by Gasteiger charge is -2.37. The Morgan fingerprint density at radius 1 is 0.795 bits per heavy atom. The second-order valence-corrected chi connectivity index (χ2v) is 12.3. The second kappa shape index (κ2) is 12.2. The van der Waals surface area contributed by atoms with Crippen molar-refractivity contribution in [3.8, 4) is 17.2 Å². The van der Waals surface area contributed by atoms with Gasteiger partial charge in [-0.25, -0.2) is 12.8 Å². The van der Waals surface area contributed by atoms with E-state index in [4.69, 9.17) is 14.2 Å². The number of hydrogen-bond acceptors (Lipinski definition) is 7. The van der Waals surface area contributed by atoms with Crippen molar-refractivity contribution in [3.05, 3.63) is 76.6 Å². The molecule has 0 atom stereocenters. The number of methoxy groups -OCH3 is 3. The highest BCUT2D eigenvalue weighted by Gasteiger charge is 2.37. The van der Waals surface area contributed by atoms with Crippen molar-refractivity contribution in [2.45, 2.75) is 24.0 Å². The predicted molar refractivity (Wildman–Crippen MR) is 153 cm³/mol. The number of rotatable bonds is 7. The molecule has 0 bridgehead atoms. The molecule has 0 unspecified atom stereocenters. The van der Waals surface area contributed by atoms with Crippen molar-refractivity contribution in [1.29, 1.82) is 0 Å². The normalized spacial score (nSPS) is 16.0. The highest BCUT2D eigenvalue weighted by molar-refractivity contribution is 7.89. The zero-order chi connectivity index (χ0) is 31.8. The maximum absolute atomic E-state index is 13.8. The zero-order valence-corrected chi connectivity index (χ0v) is 25.1. The van der Waals surface area contributed by atoms with Crippen LogP contribution >= 0.6 is 0 Å². The SMILES string of the molecule is COc1cc2c(cc1OC)CN(S(=O)(=O)c1ccc(OC)c(N3CCN(C(=O)c4cc(F)ccc4C(F)(F)F)CC3)c1)CC2. The van der Waals surface area contributed by atoms with Crippen molar-refractivity contribution < 1.29 is 45.0 Å². The summed E-state index contributed by atoms with van der Waals surface area (Å²) in [6, 6.07) is 9.97. The Balaban J connectivity index is 1.35. The zero-order valence-electron chi connectivity index (χ0n) is 24.3. The monoisotopic (exact) mass is 637 g/mol. The number of amides is 1. The van der Waals surface area contributed by atoms with E-state index in [1.807, 2.05) is 6.07 Å². The maximum Gasteiger partial charge on any atom is 0.417 e. The van der Waals surface area contributed by atoms with E-state index in [1.165, 1.54) is 42.7 Å². The van der Waals surface area contributed by atoms with E-state index in [1.54, 1.807) is 17.0 Å². The molecule has 3 aromatic carbocycles. The number of carbonyl (C=O) groups excluding carboxylic acids is 1. The van der Waals surface area contributed by atoms with Crippen LogP contribution in [0.2, 0.25) is 0 Å². The first kappa shape index (κ1) is 31.4. The number of carbonyl (C=O) groups is 1. The standard InChI is InChI=1S/C30H31F4N3O6S/c1-41-26-7-5-22(44(39,40)37-9-8-19-14-27(42-2)28(43-3)15-20(19)18-37)17-25(26)35-10-12-36(13-11-35)29(38)23-16-21(31)4-6-24(23)30(32,33)34/h4-7,14-17H,8-13,18H2,1-3H3. The first-order valence-corrected chi connectivity index (χ1v) is 15.1. The molecule has 0 saturated carbocycles. The molecule has 1 fully saturated rings. The molecule has 0 N–H and O–H groups in total. The Kier molecular flexibility index (Phi) is 8.67. The van der Waals surface area contributed by atoms with E-state index in [9.17, 15) is 30.8 Å². The predicted octanol–water partition coefficient (Wildman–Crippen LogP) is 4.58. The van der Waals surface area contributed by atoms with Gasteiger partial charge in [0.2, 0.25) is 10.0 Å². The number of alkyl halides is 3. The smallest absolute Gasteiger partial charge is 0.417 e. The summed E-state index contributed by atoms with van der Waals surface area (Å²) >= 11 is 0. The summed E-state index contributed by atoms with van der Waals surface area (Å²) in [5, 5.41) is 0. The van der Waals surface area contributed by atoms with Gasteiger partial charge in [-0.1, -0.05) is 0 Å². The number of halogens is 4. The lowest BCUT2D eigenvalue weighted by atomic mass is 10.0. The van der Waals surface area contributed by atoms with Crippen LogP contribution in [-0.4, -0.2) is 77.6 Å². The van der Waals surface area contributed by atoms with Crippen LogP contribution in [0.4, 0.5) is 23.2 Å². The van der Waals surface area contributed by atoms with Gasteiger partial charge in [0, 0.05) is 39.3 Å². The van der Waals surface area contributed by atoms with Gasteiger partial charge < -0.3 is 24.0 Å². The van der Waals surface area contributed by atoms with Gasteiger partial charge in [0.25, 0.3) is 5.91 Å². The van der Waals surface area contributed by atoms with Crippen LogP contribution in [0.3, 0.4) is 0 Å². The van der Waals surface area contributed by atoms with Crippen LogP contribution in [0.1, 0.15) is 27.0 Å². The van der Waals surface area contributed by atoms with Crippen molar-refractivity contribution in [2.24, 2.45) is 0 Å². The molecule has 2 aliphatic rings. The lowest BCUT2D eigenvalue weighted by Crippen LogP contribution is -2.49. The van der Waals surface area contributed by atoms with Crippen molar-refractivity contribution in [3.63, 3.8) is 0 Å². The van der Waals surface area contributed by atoms with Gasteiger partial charge in [0.15, 0.2) is 11.5 Å². The lowest BCUT2D eigenvalue weighted by molar-refractivity contribution is -0.138. The molecule has 0 spiro atoms. The molecule has 3 aromatic rings. The molecular weight excluding hydrogens is 606 g/mol. The van der Waals surface area contributed by atoms with Crippen molar-refractivity contribution >= 4 is 21.6 Å². The van der Waals surface area contributed by atoms with Gasteiger partial charge in [-0.05, 0) is 66.1 Å². The van der Waals surface area contributed by atoms with Crippen LogP contribution < -0.4 is 19.1 Å². The molecule has 2 heterocycles. The number of hydrogen-bond donors (Lipinski definition) is 0. The molecule has 14 heteroatoms. The highest BCUT2D eigenvalue weighted by Crippen LogP contribution is 2.37. The summed E-state index contributed by atoms with van der Waals surface area (Å²) in [5.41, 5.74) is 0.280. The summed E-state index contributed by atoms with van der Waals surface area (Å²) in [6.45, 7) is 0.817. The maximum atomic E-state index is 13.8. The molecular formula is C30H31F4N3O6S. The molecule has 2 aliphatic heterocycles. The van der Waals surface area contributed by atoms with Gasteiger partial charge in [0.05, 0.1) is 43.0 Å². The summed E-state index contributed by atoms with van der Waals surface area (Å²) in [5.74, 6) is -0.407. The third-order valence-corrected chi connectivity index (χ3v) is 9.74. The fourth-order valence-corrected chi connectivity index (χ4v) is 6.99. The number of sulfonamides is 1. The summed E-state index contributed by atoms with van der Waals surface area (Å²) < 4.78 is 99.5. The highest BCUT2D eigenvalue weighted by atomic mass is 32.2. The van der Waals surface area contributed by atoms with Crippen molar-refractivity contribution in [1.82, 2.24) is 9.21 Å². The van der Waals surface area contributed by atoms with Gasteiger partial charge in [0.1, 0.15) is 11.6 Å². The summed E-state index contributed by atoms with van der Waals surface area (Å²) in [6.07, 6.45) is -4.34. The Hall–Kier alpha value is -4.04. The third kappa shape index (κ3) is 6.00. The third-order valence-electron chi connectivity index (χ3n) is 7.90. The molecule has 236 valence electrons. The van der Waals surface area contributed by atoms with E-state index in [0.717, 1.165) is 11.1 Å². The van der Waals surface area contributed by atoms with Crippen LogP contribution in [-0.2, 0) is 29.2 Å². The largest absolute Gasteiger partial charge is 0.495 e. The van der Waals surface area contributed by atoms with Crippen LogP contribution in [0.25, 0.3) is 0 Å². The minimum atomic E-state index is -4.82. The van der Waals surface area contributed by atoms with E-state index >= 15 is 0 Å². The average molecular weight is 638 g/mol. The Morgan fingerprint density at radius 2 is 1.43 bits per heavy atom. The van der Waals surface area contributed by atoms with E-state index < -0.39 is 39.1 Å². The Bertz CT molecular complexity index is 1670. The molecule has 44 heavy (non-hydrogen) atoms. The number of benzene rings is 3. The van der Waals surface area contributed by atoms with Crippen LogP contribution in [0, 0.1) is 5.82 Å². The minimum absolute atomic E-state index is 0.0288. The van der Waals surface area contributed by atoms with Crippen LogP contribution in [0.15, 0.2) is 53.4 Å². The summed E-state index contributed by atoms with van der Waals surface area (Å²) in [4.78, 5) is 16.1. The number of ether oxygens (including phenoxy) is 3. The van der Waals surface area contributed by atoms with Gasteiger partial charge in [-0.2, -0.15) is 17.5 Å². The van der Waals surface area contributed by atoms with E-state index in [-0.39, 0.29) is 44.2 Å². The van der Waals surface area contributed by atoms with Gasteiger partial charge >= 0.3 is 6.18 Å². The molecule has 9 nitrogen and oxygen atoms in total. The molecule has 0 aliphatic carbocycles. The first-order valence-electron chi connectivity index (χ1n) is 13.7. The molecule has 1 saturated heterocycles. The Morgan fingerprint density at radius 3 is 2.05 bits per heavy atom. The van der Waals surface area contributed by atoms with E-state index in [0.29, 0.717) is 47.6 Å². The fraction of sp³-hybridized carbons (Fsp3) is 0.367. The quantitative estimate of drug-likeness (QED) is 0.351. The molecule has 0 aromatic heterocycles. The van der Waals surface area contributed by atoms with Gasteiger partial charge in [-0.15, -0.1) is 0 Å².